The number of nitrogens with zero attached hydrogens (tertiary/aromatic N) is 1. The molecule has 0 bridgehead atoms. The maximum atomic E-state index is 13.5. The molecule has 0 unspecified atom stereocenters. The molecule has 2 aliphatic rings. The molecule has 0 radical (unpaired) electrons. The van der Waals surface area contributed by atoms with E-state index in [2.05, 4.69) is 25.7 Å². The minimum Gasteiger partial charge on any atom is -0.449 e. The zero-order chi connectivity index (χ0) is 21.3. The molecule has 30 heavy (non-hydrogen) atoms. The average molecular weight is 407 g/mol. The molecule has 0 amide bonds. The highest BCUT2D eigenvalue weighted by atomic mass is 19.1. The van der Waals surface area contributed by atoms with Crippen molar-refractivity contribution in [3.63, 3.8) is 0 Å². The van der Waals surface area contributed by atoms with E-state index in [9.17, 15) is 14.3 Å². The molecule has 5 heteroatoms. The van der Waals surface area contributed by atoms with E-state index in [1.54, 1.807) is 12.1 Å². The van der Waals surface area contributed by atoms with Crippen LogP contribution < -0.4 is 0 Å². The number of aliphatic hydroxyl groups is 1. The lowest BCUT2D eigenvalue weighted by Gasteiger charge is -2.22. The van der Waals surface area contributed by atoms with Gasteiger partial charge in [-0.3, -0.25) is 9.78 Å². The number of ether oxygens (including phenoxy) is 1. The third kappa shape index (κ3) is 4.88. The van der Waals surface area contributed by atoms with Crippen LogP contribution in [-0.2, 0) is 16.0 Å². The van der Waals surface area contributed by atoms with Gasteiger partial charge in [0.15, 0.2) is 6.10 Å². The predicted octanol–water partition coefficient (Wildman–Crippen LogP) is 4.38. The Hall–Kier alpha value is -2.71. The lowest BCUT2D eigenvalue weighted by Crippen LogP contribution is -2.31. The van der Waals surface area contributed by atoms with E-state index in [1.807, 2.05) is 6.07 Å². The highest BCUT2D eigenvalue weighted by Crippen LogP contribution is 2.43. The van der Waals surface area contributed by atoms with Gasteiger partial charge in [-0.25, -0.2) is 4.39 Å². The number of esters is 1. The van der Waals surface area contributed by atoms with E-state index in [1.165, 1.54) is 12.1 Å². The summed E-state index contributed by atoms with van der Waals surface area (Å²) >= 11 is 0. The fraction of sp³-hybridized carbons (Fsp3) is 0.440. The van der Waals surface area contributed by atoms with Gasteiger partial charge in [0, 0.05) is 23.6 Å². The van der Waals surface area contributed by atoms with Crippen LogP contribution in [0.1, 0.15) is 62.4 Å². The van der Waals surface area contributed by atoms with Crippen LogP contribution in [0.2, 0.25) is 0 Å². The largest absolute Gasteiger partial charge is 0.449 e. The van der Waals surface area contributed by atoms with Crippen molar-refractivity contribution in [3.05, 3.63) is 53.1 Å². The molecule has 0 spiro atoms. The smallest absolute Gasteiger partial charge is 0.309 e. The SMILES string of the molecule is CC(C)Cc1cc(-c2ccc(F)cc2)c(C#C[C@@H]2C[C@@H](O)CC(=O)O2)c(C2CC2)n1. The van der Waals surface area contributed by atoms with Crippen LogP contribution in [0.25, 0.3) is 11.1 Å². The number of carbonyl (C=O) groups is 1. The van der Waals surface area contributed by atoms with Crippen LogP contribution in [-0.4, -0.2) is 28.3 Å². The first-order valence-electron chi connectivity index (χ1n) is 10.6. The van der Waals surface area contributed by atoms with Gasteiger partial charge in [0.2, 0.25) is 0 Å². The second-order valence-corrected chi connectivity index (χ2v) is 8.64. The Morgan fingerprint density at radius 3 is 2.63 bits per heavy atom. The molecule has 4 nitrogen and oxygen atoms in total. The fourth-order valence-electron chi connectivity index (χ4n) is 3.80. The summed E-state index contributed by atoms with van der Waals surface area (Å²) in [5.41, 5.74) is 4.61. The van der Waals surface area contributed by atoms with Crippen molar-refractivity contribution in [2.45, 2.75) is 64.1 Å². The molecule has 1 N–H and O–H groups in total. The van der Waals surface area contributed by atoms with E-state index in [-0.39, 0.29) is 12.2 Å². The Balaban J connectivity index is 1.80. The highest BCUT2D eigenvalue weighted by molar-refractivity contribution is 5.74. The quantitative estimate of drug-likeness (QED) is 0.604. The standard InChI is InChI=1S/C25H26FNO3/c1-15(2)11-19-12-23(16-5-7-18(26)8-6-16)22(25(27-19)17-3-4-17)10-9-21-13-20(28)14-24(29)30-21/h5-8,12,15,17,20-21,28H,3-4,11,13-14H2,1-2H3/t20-,21-/m1/s1. The number of carbonyl (C=O) groups excluding carboxylic acids is 1. The number of hydrogen-bond donors (Lipinski definition) is 1. The number of cyclic esters (lactones) is 1. The third-order valence-electron chi connectivity index (χ3n) is 5.36. The summed E-state index contributed by atoms with van der Waals surface area (Å²) in [7, 11) is 0. The normalized spacial score (nSPS) is 21.2. The Kier molecular flexibility index (Phi) is 5.87. The molecule has 1 saturated heterocycles. The van der Waals surface area contributed by atoms with E-state index < -0.39 is 18.2 Å². The van der Waals surface area contributed by atoms with Gasteiger partial charge in [-0.1, -0.05) is 37.8 Å². The Bertz CT molecular complexity index is 1000. The van der Waals surface area contributed by atoms with Crippen LogP contribution in [0.15, 0.2) is 30.3 Å². The summed E-state index contributed by atoms with van der Waals surface area (Å²) < 4.78 is 18.8. The molecule has 1 saturated carbocycles. The molecular formula is C25H26FNO3. The van der Waals surface area contributed by atoms with Crippen molar-refractivity contribution in [2.24, 2.45) is 5.92 Å². The summed E-state index contributed by atoms with van der Waals surface area (Å²) in [5.74, 6) is 6.37. The maximum absolute atomic E-state index is 13.5. The molecule has 4 rings (SSSR count). The molecule has 1 aliphatic carbocycles. The van der Waals surface area contributed by atoms with Crippen LogP contribution in [0, 0.1) is 23.6 Å². The van der Waals surface area contributed by atoms with Gasteiger partial charge in [-0.2, -0.15) is 0 Å². The van der Waals surface area contributed by atoms with E-state index in [0.29, 0.717) is 18.3 Å². The number of pyridine rings is 1. The predicted molar refractivity (Wildman–Crippen MR) is 112 cm³/mol. The molecule has 1 aromatic carbocycles. The van der Waals surface area contributed by atoms with Crippen LogP contribution in [0.4, 0.5) is 4.39 Å². The molecule has 156 valence electrons. The van der Waals surface area contributed by atoms with Crippen molar-refractivity contribution in [1.82, 2.24) is 4.98 Å². The molecule has 2 atom stereocenters. The lowest BCUT2D eigenvalue weighted by atomic mass is 9.94. The molecule has 2 heterocycles. The van der Waals surface area contributed by atoms with Crippen molar-refractivity contribution in [1.29, 1.82) is 0 Å². The Morgan fingerprint density at radius 1 is 1.27 bits per heavy atom. The minimum atomic E-state index is -0.725. The minimum absolute atomic E-state index is 0.0117. The first-order valence-corrected chi connectivity index (χ1v) is 10.6. The van der Waals surface area contributed by atoms with Gasteiger partial charge in [-0.15, -0.1) is 0 Å². The maximum Gasteiger partial charge on any atom is 0.309 e. The number of aromatic nitrogens is 1. The molecule has 2 aromatic rings. The summed E-state index contributed by atoms with van der Waals surface area (Å²) in [4.78, 5) is 16.6. The average Bonchev–Trinajstić information content (AvgIpc) is 3.51. The van der Waals surface area contributed by atoms with E-state index in [0.717, 1.165) is 47.3 Å². The molecule has 1 aliphatic heterocycles. The number of hydrogen-bond acceptors (Lipinski definition) is 4. The van der Waals surface area contributed by atoms with Crippen molar-refractivity contribution < 1.29 is 19.0 Å². The van der Waals surface area contributed by atoms with Crippen molar-refractivity contribution in [3.8, 4) is 23.0 Å². The first kappa shape index (κ1) is 20.6. The van der Waals surface area contributed by atoms with Crippen molar-refractivity contribution >= 4 is 5.97 Å². The summed E-state index contributed by atoms with van der Waals surface area (Å²) in [6.07, 6.45) is 1.97. The third-order valence-corrected chi connectivity index (χ3v) is 5.36. The lowest BCUT2D eigenvalue weighted by molar-refractivity contribution is -0.155. The van der Waals surface area contributed by atoms with E-state index in [4.69, 9.17) is 9.72 Å². The monoisotopic (exact) mass is 407 g/mol. The van der Waals surface area contributed by atoms with Crippen LogP contribution >= 0.6 is 0 Å². The number of benzene rings is 1. The van der Waals surface area contributed by atoms with Gasteiger partial charge in [0.25, 0.3) is 0 Å². The fourth-order valence-corrected chi connectivity index (χ4v) is 3.80. The number of halogens is 1. The zero-order valence-corrected chi connectivity index (χ0v) is 17.3. The van der Waals surface area contributed by atoms with Gasteiger partial charge >= 0.3 is 5.97 Å². The Morgan fingerprint density at radius 2 is 2.00 bits per heavy atom. The number of rotatable bonds is 4. The summed E-state index contributed by atoms with van der Waals surface area (Å²) in [6, 6.07) is 8.47. The summed E-state index contributed by atoms with van der Waals surface area (Å²) in [6.45, 7) is 4.32. The Labute approximate surface area is 176 Å². The second kappa shape index (κ2) is 8.57. The number of aliphatic hydroxyl groups excluding tert-OH is 1. The molecule has 2 fully saturated rings. The topological polar surface area (TPSA) is 59.4 Å². The van der Waals surface area contributed by atoms with E-state index >= 15 is 0 Å². The van der Waals surface area contributed by atoms with Gasteiger partial charge in [0.05, 0.1) is 23.8 Å². The zero-order valence-electron chi connectivity index (χ0n) is 17.3. The highest BCUT2D eigenvalue weighted by Gasteiger charge is 2.30. The second-order valence-electron chi connectivity index (χ2n) is 8.64. The van der Waals surface area contributed by atoms with Gasteiger partial charge < -0.3 is 9.84 Å². The molecule has 1 aromatic heterocycles. The van der Waals surface area contributed by atoms with Crippen molar-refractivity contribution in [2.75, 3.05) is 0 Å². The van der Waals surface area contributed by atoms with Gasteiger partial charge in [0.1, 0.15) is 5.82 Å². The van der Waals surface area contributed by atoms with Crippen LogP contribution in [0.3, 0.4) is 0 Å². The first-order chi connectivity index (χ1) is 14.4. The van der Waals surface area contributed by atoms with Crippen LogP contribution in [0.5, 0.6) is 0 Å². The van der Waals surface area contributed by atoms with Gasteiger partial charge in [-0.05, 0) is 48.9 Å². The molecular weight excluding hydrogens is 381 g/mol. The summed E-state index contributed by atoms with van der Waals surface area (Å²) in [5, 5.41) is 9.86.